The van der Waals surface area contributed by atoms with Crippen LogP contribution in [0.4, 0.5) is 10.1 Å². The second-order valence-corrected chi connectivity index (χ2v) is 5.34. The monoisotopic (exact) mass is 286 g/mol. The molecule has 0 saturated carbocycles. The van der Waals surface area contributed by atoms with Gasteiger partial charge in [-0.25, -0.2) is 4.39 Å². The molecule has 0 saturated heterocycles. The second-order valence-electron chi connectivity index (χ2n) is 5.34. The summed E-state index contributed by atoms with van der Waals surface area (Å²) in [6.45, 7) is 3.66. The summed E-state index contributed by atoms with van der Waals surface area (Å²) in [5.74, 6) is 0.642. The van der Waals surface area contributed by atoms with E-state index in [1.54, 1.807) is 6.07 Å². The lowest BCUT2D eigenvalue weighted by Crippen LogP contribution is -2.28. The van der Waals surface area contributed by atoms with Gasteiger partial charge in [0.2, 0.25) is 0 Å². The summed E-state index contributed by atoms with van der Waals surface area (Å²) in [6, 6.07) is 12.8. The van der Waals surface area contributed by atoms with Crippen LogP contribution in [0.5, 0.6) is 5.75 Å². The van der Waals surface area contributed by atoms with E-state index in [2.05, 4.69) is 0 Å². The lowest BCUT2D eigenvalue weighted by molar-refractivity contribution is 0.331. The first kappa shape index (κ1) is 13.9. The topological polar surface area (TPSA) is 38.5 Å². The summed E-state index contributed by atoms with van der Waals surface area (Å²) in [4.78, 5) is 2.01. The van der Waals surface area contributed by atoms with Gasteiger partial charge in [-0.1, -0.05) is 30.3 Å². The third kappa shape index (κ3) is 2.72. The molecule has 1 atom stereocenters. The zero-order valence-electron chi connectivity index (χ0n) is 12.1. The minimum absolute atomic E-state index is 0.213. The maximum Gasteiger partial charge on any atom is 0.146 e. The van der Waals surface area contributed by atoms with Gasteiger partial charge in [-0.3, -0.25) is 0 Å². The molecule has 1 heterocycles. The van der Waals surface area contributed by atoms with Crippen molar-refractivity contribution in [1.82, 2.24) is 0 Å². The van der Waals surface area contributed by atoms with Crippen LogP contribution in [-0.2, 0) is 6.54 Å². The molecule has 0 radical (unpaired) electrons. The third-order valence-electron chi connectivity index (χ3n) is 3.78. The summed E-state index contributed by atoms with van der Waals surface area (Å²) >= 11 is 0. The Labute approximate surface area is 124 Å². The molecule has 0 amide bonds. The Balaban J connectivity index is 2.02. The maximum atomic E-state index is 14.4. The molecule has 0 spiro atoms. The van der Waals surface area contributed by atoms with Gasteiger partial charge in [-0.05, 0) is 24.6 Å². The van der Waals surface area contributed by atoms with Crippen molar-refractivity contribution in [2.45, 2.75) is 19.5 Å². The Bertz CT molecular complexity index is 642. The average Bonchev–Trinajstić information content (AvgIpc) is 2.68. The zero-order valence-corrected chi connectivity index (χ0v) is 12.1. The molecule has 3 rings (SSSR count). The molecule has 1 aliphatic rings. The average molecular weight is 286 g/mol. The van der Waals surface area contributed by atoms with Gasteiger partial charge in [-0.2, -0.15) is 0 Å². The van der Waals surface area contributed by atoms with Crippen molar-refractivity contribution in [2.75, 3.05) is 18.1 Å². The van der Waals surface area contributed by atoms with Gasteiger partial charge in [0.15, 0.2) is 0 Å². The van der Waals surface area contributed by atoms with E-state index >= 15 is 0 Å². The number of hydrogen-bond acceptors (Lipinski definition) is 3. The molecule has 1 aliphatic heterocycles. The zero-order chi connectivity index (χ0) is 14.8. The molecule has 2 aromatic carbocycles. The quantitative estimate of drug-likeness (QED) is 0.921. The lowest BCUT2D eigenvalue weighted by atomic mass is 10.0. The third-order valence-corrected chi connectivity index (χ3v) is 3.78. The lowest BCUT2D eigenvalue weighted by Gasteiger charge is -2.26. The Hall–Kier alpha value is -2.07. The Morgan fingerprint density at radius 2 is 2.00 bits per heavy atom. The highest BCUT2D eigenvalue weighted by Gasteiger charge is 2.21. The summed E-state index contributed by atoms with van der Waals surface area (Å²) in [5.41, 5.74) is 8.48. The van der Waals surface area contributed by atoms with Gasteiger partial charge in [0.05, 0.1) is 12.2 Å². The SMILES string of the molecule is C[C@@H](N)c1cccc(F)c1N1CCOc2ccccc2C1. The number of halogens is 1. The van der Waals surface area contributed by atoms with Crippen LogP contribution in [0.15, 0.2) is 42.5 Å². The first-order valence-electron chi connectivity index (χ1n) is 7.16. The molecule has 0 aromatic heterocycles. The van der Waals surface area contributed by atoms with E-state index in [4.69, 9.17) is 10.5 Å². The van der Waals surface area contributed by atoms with Gasteiger partial charge >= 0.3 is 0 Å². The van der Waals surface area contributed by atoms with E-state index < -0.39 is 0 Å². The number of benzene rings is 2. The minimum Gasteiger partial charge on any atom is -0.491 e. The van der Waals surface area contributed by atoms with Crippen molar-refractivity contribution in [1.29, 1.82) is 0 Å². The molecule has 3 nitrogen and oxygen atoms in total. The number of nitrogens with two attached hydrogens (primary N) is 1. The van der Waals surface area contributed by atoms with E-state index in [0.29, 0.717) is 25.4 Å². The number of para-hydroxylation sites is 2. The molecule has 4 heteroatoms. The fourth-order valence-electron chi connectivity index (χ4n) is 2.75. The van der Waals surface area contributed by atoms with Gasteiger partial charge in [-0.15, -0.1) is 0 Å². The number of nitrogens with zero attached hydrogens (tertiary/aromatic N) is 1. The highest BCUT2D eigenvalue weighted by molar-refractivity contribution is 5.57. The fourth-order valence-corrected chi connectivity index (χ4v) is 2.75. The van der Waals surface area contributed by atoms with Gasteiger partial charge < -0.3 is 15.4 Å². The number of anilines is 1. The molecule has 0 unspecified atom stereocenters. The van der Waals surface area contributed by atoms with Gasteiger partial charge in [0.1, 0.15) is 18.2 Å². The van der Waals surface area contributed by atoms with Crippen molar-refractivity contribution in [3.8, 4) is 5.75 Å². The van der Waals surface area contributed by atoms with Crippen molar-refractivity contribution in [3.05, 3.63) is 59.4 Å². The van der Waals surface area contributed by atoms with E-state index in [9.17, 15) is 4.39 Å². The summed E-state index contributed by atoms with van der Waals surface area (Å²) < 4.78 is 20.1. The van der Waals surface area contributed by atoms with Crippen LogP contribution in [0.3, 0.4) is 0 Å². The van der Waals surface area contributed by atoms with E-state index in [-0.39, 0.29) is 11.9 Å². The first-order chi connectivity index (χ1) is 10.2. The molecule has 2 aromatic rings. The number of rotatable bonds is 2. The minimum atomic E-state index is -0.232. The standard InChI is InChI=1S/C17H19FN2O/c1-12(19)14-6-4-7-15(18)17(14)20-9-10-21-16-8-3-2-5-13(16)11-20/h2-8,12H,9-11,19H2,1H3/t12-/m1/s1. The molecular formula is C17H19FN2O. The summed E-state index contributed by atoms with van der Waals surface area (Å²) in [7, 11) is 0. The predicted octanol–water partition coefficient (Wildman–Crippen LogP) is 3.24. The normalized spacial score (nSPS) is 15.9. The van der Waals surface area contributed by atoms with E-state index in [0.717, 1.165) is 16.9 Å². The van der Waals surface area contributed by atoms with Crippen molar-refractivity contribution >= 4 is 5.69 Å². The van der Waals surface area contributed by atoms with Crippen LogP contribution in [-0.4, -0.2) is 13.2 Å². The Morgan fingerprint density at radius 1 is 1.19 bits per heavy atom. The van der Waals surface area contributed by atoms with Crippen LogP contribution in [0.25, 0.3) is 0 Å². The molecular weight excluding hydrogens is 267 g/mol. The largest absolute Gasteiger partial charge is 0.491 e. The Kier molecular flexibility index (Phi) is 3.80. The van der Waals surface area contributed by atoms with E-state index in [1.165, 1.54) is 6.07 Å². The molecule has 0 aliphatic carbocycles. The summed E-state index contributed by atoms with van der Waals surface area (Å²) in [6.07, 6.45) is 0. The van der Waals surface area contributed by atoms with E-state index in [1.807, 2.05) is 42.2 Å². The smallest absolute Gasteiger partial charge is 0.146 e. The molecule has 0 bridgehead atoms. The van der Waals surface area contributed by atoms with Crippen molar-refractivity contribution < 1.29 is 9.13 Å². The van der Waals surface area contributed by atoms with Crippen LogP contribution < -0.4 is 15.4 Å². The van der Waals surface area contributed by atoms with Crippen molar-refractivity contribution in [2.24, 2.45) is 5.73 Å². The number of fused-ring (bicyclic) bond motifs is 1. The van der Waals surface area contributed by atoms with Gasteiger partial charge in [0.25, 0.3) is 0 Å². The molecule has 110 valence electrons. The molecule has 2 N–H and O–H groups in total. The number of hydrogen-bond donors (Lipinski definition) is 1. The highest BCUT2D eigenvalue weighted by Crippen LogP contribution is 2.32. The molecule has 21 heavy (non-hydrogen) atoms. The summed E-state index contributed by atoms with van der Waals surface area (Å²) in [5, 5.41) is 0. The molecule has 0 fully saturated rings. The van der Waals surface area contributed by atoms with Crippen LogP contribution in [0.2, 0.25) is 0 Å². The Morgan fingerprint density at radius 3 is 2.81 bits per heavy atom. The van der Waals surface area contributed by atoms with Crippen molar-refractivity contribution in [3.63, 3.8) is 0 Å². The highest BCUT2D eigenvalue weighted by atomic mass is 19.1. The first-order valence-corrected chi connectivity index (χ1v) is 7.16. The maximum absolute atomic E-state index is 14.4. The van der Waals surface area contributed by atoms with Crippen LogP contribution in [0, 0.1) is 5.82 Å². The van der Waals surface area contributed by atoms with Crippen LogP contribution in [0.1, 0.15) is 24.1 Å². The second kappa shape index (κ2) is 5.74. The predicted molar refractivity (Wildman–Crippen MR) is 82.0 cm³/mol. The van der Waals surface area contributed by atoms with Gasteiger partial charge in [0, 0.05) is 18.2 Å². The fraction of sp³-hybridized carbons (Fsp3) is 0.294. The number of ether oxygens (including phenoxy) is 1. The van der Waals surface area contributed by atoms with Crippen LogP contribution >= 0.6 is 0 Å².